The molecule has 3 rings (SSSR count). The summed E-state index contributed by atoms with van der Waals surface area (Å²) in [6, 6.07) is 8.63. The third-order valence-electron chi connectivity index (χ3n) is 4.57. The van der Waals surface area contributed by atoms with Crippen LogP contribution in [0.25, 0.3) is 0 Å². The number of hydrogen-bond donors (Lipinski definition) is 2. The number of carbonyl (C=O) groups excluding carboxylic acids is 1. The molecule has 0 saturated carbocycles. The fourth-order valence-electron chi connectivity index (χ4n) is 3.15. The minimum absolute atomic E-state index is 0.193. The van der Waals surface area contributed by atoms with E-state index in [1.807, 2.05) is 0 Å². The summed E-state index contributed by atoms with van der Waals surface area (Å²) in [6.45, 7) is 3.72. The van der Waals surface area contributed by atoms with E-state index in [2.05, 4.69) is 34.5 Å². The van der Waals surface area contributed by atoms with E-state index in [4.69, 9.17) is 0 Å². The van der Waals surface area contributed by atoms with E-state index in [1.165, 1.54) is 11.1 Å². The SMILES string of the molecule is O=C(NCCCN1CCc2ccccc2C1)C1(O)CCSC1. The van der Waals surface area contributed by atoms with Crippen LogP contribution in [0, 0.1) is 0 Å². The molecule has 2 N–H and O–H groups in total. The van der Waals surface area contributed by atoms with Gasteiger partial charge in [0.15, 0.2) is 5.60 Å². The van der Waals surface area contributed by atoms with Gasteiger partial charge >= 0.3 is 0 Å². The Hall–Kier alpha value is -1.04. The van der Waals surface area contributed by atoms with Crippen LogP contribution in [0.15, 0.2) is 24.3 Å². The first-order chi connectivity index (χ1) is 10.7. The Labute approximate surface area is 136 Å². The molecule has 0 bridgehead atoms. The Morgan fingerprint density at radius 2 is 2.18 bits per heavy atom. The summed E-state index contributed by atoms with van der Waals surface area (Å²) in [5, 5.41) is 13.1. The normalized spacial score (nSPS) is 25.0. The highest BCUT2D eigenvalue weighted by Crippen LogP contribution is 2.27. The van der Waals surface area contributed by atoms with Crippen LogP contribution < -0.4 is 5.32 Å². The topological polar surface area (TPSA) is 52.6 Å². The van der Waals surface area contributed by atoms with Gasteiger partial charge in [-0.2, -0.15) is 11.8 Å². The molecule has 1 aromatic rings. The van der Waals surface area contributed by atoms with Crippen molar-refractivity contribution < 1.29 is 9.90 Å². The number of nitrogens with zero attached hydrogens (tertiary/aromatic N) is 1. The number of fused-ring (bicyclic) bond motifs is 1. The van der Waals surface area contributed by atoms with Gasteiger partial charge in [0.2, 0.25) is 0 Å². The van der Waals surface area contributed by atoms with Crippen molar-refractivity contribution in [3.8, 4) is 0 Å². The maximum absolute atomic E-state index is 12.0. The van der Waals surface area contributed by atoms with Crippen LogP contribution in [0.4, 0.5) is 0 Å². The molecular formula is C17H24N2O2S. The number of benzene rings is 1. The van der Waals surface area contributed by atoms with Crippen LogP contribution in [0.5, 0.6) is 0 Å². The van der Waals surface area contributed by atoms with Crippen molar-refractivity contribution in [1.29, 1.82) is 0 Å². The van der Waals surface area contributed by atoms with Crippen LogP contribution in [-0.4, -0.2) is 52.7 Å². The van der Waals surface area contributed by atoms with Gasteiger partial charge in [0.25, 0.3) is 5.91 Å². The molecule has 1 aromatic carbocycles. The molecule has 22 heavy (non-hydrogen) atoms. The second-order valence-corrected chi connectivity index (χ2v) is 7.34. The molecule has 2 aliphatic rings. The molecule has 1 fully saturated rings. The molecule has 0 aromatic heterocycles. The lowest BCUT2D eigenvalue weighted by molar-refractivity contribution is -0.137. The third kappa shape index (κ3) is 3.65. The second kappa shape index (κ2) is 7.02. The maximum atomic E-state index is 12.0. The van der Waals surface area contributed by atoms with Crippen LogP contribution >= 0.6 is 11.8 Å². The van der Waals surface area contributed by atoms with Gasteiger partial charge in [-0.25, -0.2) is 0 Å². The van der Waals surface area contributed by atoms with Crippen LogP contribution in [-0.2, 0) is 17.8 Å². The predicted octanol–water partition coefficient (Wildman–Crippen LogP) is 1.42. The molecule has 0 spiro atoms. The average molecular weight is 320 g/mol. The maximum Gasteiger partial charge on any atom is 0.252 e. The van der Waals surface area contributed by atoms with E-state index < -0.39 is 5.60 Å². The molecule has 4 nitrogen and oxygen atoms in total. The van der Waals surface area contributed by atoms with Gasteiger partial charge < -0.3 is 10.4 Å². The number of nitrogens with one attached hydrogen (secondary N) is 1. The van der Waals surface area contributed by atoms with Crippen molar-refractivity contribution in [3.05, 3.63) is 35.4 Å². The largest absolute Gasteiger partial charge is 0.379 e. The fraction of sp³-hybridized carbons (Fsp3) is 0.588. The summed E-state index contributed by atoms with van der Waals surface area (Å²) >= 11 is 1.65. The lowest BCUT2D eigenvalue weighted by Gasteiger charge is -2.28. The molecule has 5 heteroatoms. The Balaban J connectivity index is 1.38. The van der Waals surface area contributed by atoms with Crippen molar-refractivity contribution in [2.24, 2.45) is 0 Å². The zero-order valence-electron chi connectivity index (χ0n) is 12.9. The van der Waals surface area contributed by atoms with E-state index >= 15 is 0 Å². The number of amides is 1. The zero-order chi connectivity index (χ0) is 15.4. The van der Waals surface area contributed by atoms with E-state index in [9.17, 15) is 9.90 Å². The van der Waals surface area contributed by atoms with Gasteiger partial charge in [-0.15, -0.1) is 0 Å². The highest BCUT2D eigenvalue weighted by molar-refractivity contribution is 7.99. The quantitative estimate of drug-likeness (QED) is 0.806. The monoisotopic (exact) mass is 320 g/mol. The summed E-state index contributed by atoms with van der Waals surface area (Å²) in [4.78, 5) is 14.4. The molecule has 1 unspecified atom stereocenters. The molecular weight excluding hydrogens is 296 g/mol. The Morgan fingerprint density at radius 1 is 1.36 bits per heavy atom. The molecule has 120 valence electrons. The highest BCUT2D eigenvalue weighted by Gasteiger charge is 2.39. The number of aliphatic hydroxyl groups is 1. The van der Waals surface area contributed by atoms with E-state index in [1.54, 1.807) is 11.8 Å². The van der Waals surface area contributed by atoms with E-state index in [-0.39, 0.29) is 5.91 Å². The fourth-order valence-corrected chi connectivity index (χ4v) is 4.39. The number of carbonyl (C=O) groups is 1. The summed E-state index contributed by atoms with van der Waals surface area (Å²) in [6.07, 6.45) is 2.61. The average Bonchev–Trinajstić information content (AvgIpc) is 2.99. The van der Waals surface area contributed by atoms with Crippen molar-refractivity contribution in [3.63, 3.8) is 0 Å². The zero-order valence-corrected chi connectivity index (χ0v) is 13.7. The smallest absolute Gasteiger partial charge is 0.252 e. The van der Waals surface area contributed by atoms with Gasteiger partial charge in [-0.05, 0) is 36.1 Å². The molecule has 0 aliphatic carbocycles. The van der Waals surface area contributed by atoms with Gasteiger partial charge in [-0.1, -0.05) is 24.3 Å². The minimum Gasteiger partial charge on any atom is -0.379 e. The van der Waals surface area contributed by atoms with Gasteiger partial charge in [0.05, 0.1) is 0 Å². The summed E-state index contributed by atoms with van der Waals surface area (Å²) in [7, 11) is 0. The van der Waals surface area contributed by atoms with Crippen molar-refractivity contribution in [2.45, 2.75) is 31.4 Å². The van der Waals surface area contributed by atoms with Gasteiger partial charge in [-0.3, -0.25) is 9.69 Å². The molecule has 2 aliphatic heterocycles. The Bertz CT molecular complexity index is 529. The molecule has 1 atom stereocenters. The minimum atomic E-state index is -1.13. The van der Waals surface area contributed by atoms with Gasteiger partial charge in [0.1, 0.15) is 0 Å². The van der Waals surface area contributed by atoms with Crippen LogP contribution in [0.3, 0.4) is 0 Å². The summed E-state index contributed by atoms with van der Waals surface area (Å²) in [5.41, 5.74) is 1.76. The van der Waals surface area contributed by atoms with Crippen LogP contribution in [0.1, 0.15) is 24.0 Å². The number of rotatable bonds is 5. The lowest BCUT2D eigenvalue weighted by atomic mass is 10.00. The van der Waals surface area contributed by atoms with Crippen molar-refractivity contribution in [1.82, 2.24) is 10.2 Å². The summed E-state index contributed by atoms with van der Waals surface area (Å²) < 4.78 is 0. The molecule has 1 amide bonds. The highest BCUT2D eigenvalue weighted by atomic mass is 32.2. The standard InChI is InChI=1S/C17H24N2O2S/c20-16(17(21)7-11-22-13-17)18-8-3-9-19-10-6-14-4-1-2-5-15(14)12-19/h1-2,4-5,21H,3,6-13H2,(H,18,20). The van der Waals surface area contributed by atoms with Gasteiger partial charge in [0, 0.05) is 31.9 Å². The van der Waals surface area contributed by atoms with E-state index in [0.29, 0.717) is 18.7 Å². The second-order valence-electron chi connectivity index (χ2n) is 6.24. The summed E-state index contributed by atoms with van der Waals surface area (Å²) in [5.74, 6) is 1.21. The molecule has 0 radical (unpaired) electrons. The third-order valence-corrected chi connectivity index (χ3v) is 5.74. The Kier molecular flexibility index (Phi) is 5.06. The predicted molar refractivity (Wildman–Crippen MR) is 89.9 cm³/mol. The van der Waals surface area contributed by atoms with Crippen molar-refractivity contribution >= 4 is 17.7 Å². The lowest BCUT2D eigenvalue weighted by Crippen LogP contribution is -2.47. The molecule has 2 heterocycles. The number of hydrogen-bond acceptors (Lipinski definition) is 4. The van der Waals surface area contributed by atoms with Crippen LogP contribution in [0.2, 0.25) is 0 Å². The first-order valence-corrected chi connectivity index (χ1v) is 9.20. The van der Waals surface area contributed by atoms with E-state index in [0.717, 1.165) is 38.2 Å². The first-order valence-electron chi connectivity index (χ1n) is 8.05. The molecule has 1 saturated heterocycles. The van der Waals surface area contributed by atoms with Crippen molar-refractivity contribution in [2.75, 3.05) is 31.1 Å². The Morgan fingerprint density at radius 3 is 2.95 bits per heavy atom. The number of thioether (sulfide) groups is 1. The first kappa shape index (κ1) is 15.8.